The number of hydrogen-bond donors (Lipinski definition) is 3. The van der Waals surface area contributed by atoms with Gasteiger partial charge < -0.3 is 24.2 Å². The molecule has 14 nitrogen and oxygen atoms in total. The molecule has 0 bridgehead atoms. The number of aliphatic carboxylic acids is 1. The van der Waals surface area contributed by atoms with Crippen LogP contribution in [0, 0.1) is 5.92 Å². The zero-order chi connectivity index (χ0) is 30.5. The van der Waals surface area contributed by atoms with Crippen LogP contribution in [-0.4, -0.2) is 68.2 Å². The average Bonchev–Trinajstić information content (AvgIpc) is 3.63. The number of hydroxylamine groups is 2. The van der Waals surface area contributed by atoms with Gasteiger partial charge in [0.15, 0.2) is 21.6 Å². The highest BCUT2D eigenvalue weighted by molar-refractivity contribution is 8.30. The molecule has 224 valence electrons. The number of anilines is 1. The number of aromatic nitrogens is 1. The Balaban J connectivity index is 1.69. The molecule has 0 spiro atoms. The third-order valence-electron chi connectivity index (χ3n) is 6.28. The zero-order valence-corrected chi connectivity index (χ0v) is 25.2. The van der Waals surface area contributed by atoms with Crippen molar-refractivity contribution in [2.45, 2.75) is 26.8 Å². The second-order valence-corrected chi connectivity index (χ2v) is 13.7. The van der Waals surface area contributed by atoms with Gasteiger partial charge >= 0.3 is 5.97 Å². The first-order valence-electron chi connectivity index (χ1n) is 12.3. The number of carbonyl (C=O) groups is 2. The molecule has 0 atom stereocenters. The molecule has 3 aliphatic heterocycles. The minimum atomic E-state index is -4.23. The molecular weight excluding hydrogens is 635 g/mol. The van der Waals surface area contributed by atoms with Gasteiger partial charge in [-0.2, -0.15) is 13.5 Å². The molecule has 1 aromatic heterocycles. The molecule has 2 aromatic rings. The van der Waals surface area contributed by atoms with Crippen LogP contribution < -0.4 is 33.9 Å². The maximum atomic E-state index is 13.5. The normalized spacial score (nSPS) is 19.2. The Kier molecular flexibility index (Phi) is 8.12. The van der Waals surface area contributed by atoms with Crippen molar-refractivity contribution in [3.8, 4) is 17.2 Å². The fourth-order valence-corrected chi connectivity index (χ4v) is 7.21. The molecule has 1 saturated heterocycles. The Morgan fingerprint density at radius 3 is 2.48 bits per heavy atom. The number of carbonyl (C=O) groups excluding carboxylic acids is 1. The quantitative estimate of drug-likeness (QED) is 0.207. The van der Waals surface area contributed by atoms with Crippen LogP contribution in [0.2, 0.25) is 0 Å². The second-order valence-electron chi connectivity index (χ2n) is 9.50. The van der Waals surface area contributed by atoms with Crippen LogP contribution >= 0.6 is 35.3 Å². The van der Waals surface area contributed by atoms with E-state index in [1.54, 1.807) is 17.0 Å². The number of nitrogens with zero attached hydrogens (tertiary/aromatic N) is 3. The van der Waals surface area contributed by atoms with E-state index in [0.29, 0.717) is 28.5 Å². The van der Waals surface area contributed by atoms with Crippen molar-refractivity contribution < 1.29 is 47.1 Å². The summed E-state index contributed by atoms with van der Waals surface area (Å²) in [4.78, 5) is 39.3. The number of rotatable bonds is 8. The SMILES string of the molecule is CC(C)C(/C=c1/s/c(=C2\SC(=S)N(O)C2=O)n(CC(=O)O)c1=O)=C1/Oc2cc3c(cc2N1CCCS(=O)(=O)O)OCO3. The predicted octanol–water partition coefficient (Wildman–Crippen LogP) is 0.906. The smallest absolute Gasteiger partial charge is 0.323 e. The van der Waals surface area contributed by atoms with E-state index in [-0.39, 0.29) is 55.0 Å². The third kappa shape index (κ3) is 5.77. The highest BCUT2D eigenvalue weighted by atomic mass is 32.2. The highest BCUT2D eigenvalue weighted by Gasteiger charge is 2.35. The topological polar surface area (TPSA) is 185 Å². The van der Waals surface area contributed by atoms with Crippen molar-refractivity contribution in [3.63, 3.8) is 0 Å². The van der Waals surface area contributed by atoms with Crippen LogP contribution in [0.3, 0.4) is 0 Å². The molecule has 1 fully saturated rings. The van der Waals surface area contributed by atoms with Crippen molar-refractivity contribution in [1.82, 2.24) is 9.63 Å². The van der Waals surface area contributed by atoms with Crippen molar-refractivity contribution in [2.75, 3.05) is 24.0 Å². The second kappa shape index (κ2) is 11.3. The van der Waals surface area contributed by atoms with Crippen LogP contribution in [0.1, 0.15) is 20.3 Å². The standard InChI is InChI=1S/C24H23N3O11S4/c1-11(2)12(6-17-20(30)26(9-18(28)29)23(40-17)19-21(31)27(32)24(39)41-19)22-25(4-3-5-42(33,34)35)13-7-15-16(37-10-36-15)8-14(13)38-22/h6-8,11,32H,3-5,9-10H2,1-2H3,(H,28,29)(H,33,34,35)/b17-6+,22-12+,23-19-. The first-order valence-corrected chi connectivity index (χ1v) is 15.9. The van der Waals surface area contributed by atoms with E-state index in [9.17, 15) is 37.7 Å². The Bertz CT molecular complexity index is 1840. The monoisotopic (exact) mass is 657 g/mol. The van der Waals surface area contributed by atoms with E-state index in [1.165, 1.54) is 6.08 Å². The van der Waals surface area contributed by atoms with E-state index in [2.05, 4.69) is 0 Å². The summed E-state index contributed by atoms with van der Waals surface area (Å²) < 4.78 is 50.1. The Morgan fingerprint density at radius 2 is 1.88 bits per heavy atom. The molecule has 0 unspecified atom stereocenters. The Labute approximate surface area is 251 Å². The first kappa shape index (κ1) is 30.1. The number of hydrogen-bond acceptors (Lipinski definition) is 13. The summed E-state index contributed by atoms with van der Waals surface area (Å²) in [5.41, 5.74) is 0.363. The van der Waals surface area contributed by atoms with Crippen LogP contribution in [0.25, 0.3) is 11.0 Å². The van der Waals surface area contributed by atoms with Gasteiger partial charge in [0.2, 0.25) is 12.7 Å². The number of allylic oxidation sites excluding steroid dienone is 1. The molecule has 5 rings (SSSR count). The van der Waals surface area contributed by atoms with E-state index in [0.717, 1.165) is 27.7 Å². The van der Waals surface area contributed by atoms with Gasteiger partial charge in [0.05, 0.1) is 16.0 Å². The van der Waals surface area contributed by atoms with Crippen molar-refractivity contribution in [1.29, 1.82) is 0 Å². The van der Waals surface area contributed by atoms with E-state index < -0.39 is 39.9 Å². The zero-order valence-electron chi connectivity index (χ0n) is 21.9. The highest BCUT2D eigenvalue weighted by Crippen LogP contribution is 2.48. The number of carboxylic acids is 1. The maximum absolute atomic E-state index is 13.5. The molecule has 18 heteroatoms. The summed E-state index contributed by atoms with van der Waals surface area (Å²) in [6.45, 7) is 3.07. The molecule has 3 aliphatic rings. The van der Waals surface area contributed by atoms with Gasteiger partial charge in [-0.25, -0.2) is 0 Å². The molecule has 0 saturated carbocycles. The van der Waals surface area contributed by atoms with Crippen LogP contribution in [-0.2, 0) is 26.3 Å². The van der Waals surface area contributed by atoms with Gasteiger partial charge in [-0.15, -0.1) is 11.3 Å². The summed E-state index contributed by atoms with van der Waals surface area (Å²) in [6.07, 6.45) is 1.56. The lowest BCUT2D eigenvalue weighted by Crippen LogP contribution is -2.35. The van der Waals surface area contributed by atoms with Gasteiger partial charge in [0, 0.05) is 24.3 Å². The minimum absolute atomic E-state index is 0.0158. The van der Waals surface area contributed by atoms with Crippen molar-refractivity contribution >= 4 is 78.3 Å². The predicted molar refractivity (Wildman–Crippen MR) is 156 cm³/mol. The summed E-state index contributed by atoms with van der Waals surface area (Å²) in [6, 6.07) is 3.31. The number of thiocarbonyl (C=S) groups is 1. The molecule has 1 aromatic carbocycles. The third-order valence-corrected chi connectivity index (χ3v) is 9.69. The lowest BCUT2D eigenvalue weighted by molar-refractivity contribution is -0.140. The molecule has 0 radical (unpaired) electrons. The molecule has 4 heterocycles. The van der Waals surface area contributed by atoms with Crippen molar-refractivity contribution in [3.05, 3.63) is 43.1 Å². The van der Waals surface area contributed by atoms with Crippen molar-refractivity contribution in [2.24, 2.45) is 5.92 Å². The molecule has 1 amide bonds. The molecule has 42 heavy (non-hydrogen) atoms. The number of thioether (sulfide) groups is 1. The summed E-state index contributed by atoms with van der Waals surface area (Å²) in [5, 5.41) is 19.6. The van der Waals surface area contributed by atoms with Crippen LogP contribution in [0.4, 0.5) is 5.69 Å². The fraction of sp³-hybridized carbons (Fsp3) is 0.333. The Morgan fingerprint density at radius 1 is 1.19 bits per heavy atom. The minimum Gasteiger partial charge on any atom is -0.480 e. The average molecular weight is 658 g/mol. The summed E-state index contributed by atoms with van der Waals surface area (Å²) in [5.74, 6) is -1.39. The number of ether oxygens (including phenoxy) is 3. The summed E-state index contributed by atoms with van der Waals surface area (Å²) in [7, 11) is -4.23. The van der Waals surface area contributed by atoms with Crippen LogP contribution in [0.5, 0.6) is 17.2 Å². The lowest BCUT2D eigenvalue weighted by Gasteiger charge is -2.21. The molecule has 3 N–H and O–H groups in total. The number of carboxylic acid groups (broad SMARTS) is 1. The largest absolute Gasteiger partial charge is 0.480 e. The maximum Gasteiger partial charge on any atom is 0.323 e. The fourth-order valence-electron chi connectivity index (χ4n) is 4.39. The number of fused-ring (bicyclic) bond motifs is 2. The van der Waals surface area contributed by atoms with Gasteiger partial charge in [-0.05, 0) is 42.4 Å². The van der Waals surface area contributed by atoms with Gasteiger partial charge in [0.25, 0.3) is 21.6 Å². The van der Waals surface area contributed by atoms with E-state index in [1.807, 2.05) is 13.8 Å². The van der Waals surface area contributed by atoms with Gasteiger partial charge in [-0.3, -0.25) is 28.7 Å². The van der Waals surface area contributed by atoms with Crippen LogP contribution in [0.15, 0.2) is 28.4 Å². The summed E-state index contributed by atoms with van der Waals surface area (Å²) >= 11 is 6.57. The van der Waals surface area contributed by atoms with E-state index in [4.69, 9.17) is 26.4 Å². The number of amides is 1. The number of thiazole rings is 1. The van der Waals surface area contributed by atoms with Gasteiger partial charge in [-0.1, -0.05) is 13.8 Å². The lowest BCUT2D eigenvalue weighted by atomic mass is 10.0. The van der Waals surface area contributed by atoms with Gasteiger partial charge in [0.1, 0.15) is 16.1 Å². The Hall–Kier alpha value is -3.42. The van der Waals surface area contributed by atoms with E-state index >= 15 is 0 Å². The molecular formula is C24H23N3O11S4. The first-order chi connectivity index (χ1) is 19.7. The molecule has 0 aliphatic carbocycles. The number of benzene rings is 1.